The first-order chi connectivity index (χ1) is 7.00. The summed E-state index contributed by atoms with van der Waals surface area (Å²) in [6.45, 7) is 6.22. The van der Waals surface area contributed by atoms with E-state index in [1.54, 1.807) is 11.8 Å². The summed E-state index contributed by atoms with van der Waals surface area (Å²) in [5.41, 5.74) is 6.71. The van der Waals surface area contributed by atoms with Crippen LogP contribution < -0.4 is 5.73 Å². The minimum Gasteiger partial charge on any atom is -0.324 e. The normalized spacial score (nSPS) is 13.2. The van der Waals surface area contributed by atoms with Gasteiger partial charge in [0.15, 0.2) is 0 Å². The van der Waals surface area contributed by atoms with Gasteiger partial charge in [0.25, 0.3) is 0 Å². The number of rotatable bonds is 4. The van der Waals surface area contributed by atoms with Gasteiger partial charge in [-0.05, 0) is 36.6 Å². The third-order valence-corrected chi connectivity index (χ3v) is 3.55. The number of halogens is 1. The van der Waals surface area contributed by atoms with Gasteiger partial charge >= 0.3 is 0 Å². The Hall–Kier alpha value is -0.540. The average molecular weight is 227 g/mol. The van der Waals surface area contributed by atoms with Gasteiger partial charge in [0, 0.05) is 16.7 Å². The van der Waals surface area contributed by atoms with Gasteiger partial charge in [-0.2, -0.15) is 0 Å². The Morgan fingerprint density at radius 1 is 1.33 bits per heavy atom. The van der Waals surface area contributed by atoms with Crippen molar-refractivity contribution < 1.29 is 4.39 Å². The zero-order chi connectivity index (χ0) is 11.4. The summed E-state index contributed by atoms with van der Waals surface area (Å²) in [6, 6.07) is 4.73. The van der Waals surface area contributed by atoms with Crippen LogP contribution in [-0.4, -0.2) is 5.75 Å². The Balaban J connectivity index is 2.86. The quantitative estimate of drug-likeness (QED) is 0.795. The lowest BCUT2D eigenvalue weighted by Crippen LogP contribution is -2.07. The Morgan fingerprint density at radius 2 is 2.00 bits per heavy atom. The Bertz CT molecular complexity index is 323. The van der Waals surface area contributed by atoms with Crippen LogP contribution in [0.5, 0.6) is 0 Å². The fourth-order valence-electron chi connectivity index (χ4n) is 1.26. The smallest absolute Gasteiger partial charge is 0.123 e. The van der Waals surface area contributed by atoms with E-state index in [-0.39, 0.29) is 11.9 Å². The highest BCUT2D eigenvalue weighted by molar-refractivity contribution is 7.99. The average Bonchev–Trinajstić information content (AvgIpc) is 2.15. The van der Waals surface area contributed by atoms with Gasteiger partial charge in [-0.3, -0.25) is 0 Å². The lowest BCUT2D eigenvalue weighted by molar-refractivity contribution is 0.619. The Labute approximate surface area is 95.2 Å². The molecule has 0 saturated carbocycles. The van der Waals surface area contributed by atoms with Gasteiger partial charge in [0.2, 0.25) is 0 Å². The minimum absolute atomic E-state index is 0.115. The van der Waals surface area contributed by atoms with E-state index in [1.165, 1.54) is 12.1 Å². The molecule has 0 aliphatic carbocycles. The predicted octanol–water partition coefficient (Wildman–Crippen LogP) is 3.59. The molecule has 0 aliphatic heterocycles. The number of nitrogens with two attached hydrogens (primary N) is 1. The fourth-order valence-corrected chi connectivity index (χ4v) is 2.35. The maximum absolute atomic E-state index is 13.0. The van der Waals surface area contributed by atoms with Crippen LogP contribution in [0.4, 0.5) is 4.39 Å². The Morgan fingerprint density at radius 3 is 2.53 bits per heavy atom. The predicted molar refractivity (Wildman–Crippen MR) is 64.6 cm³/mol. The molecule has 0 bridgehead atoms. The third kappa shape index (κ3) is 3.84. The molecule has 0 aromatic heterocycles. The van der Waals surface area contributed by atoms with Gasteiger partial charge in [-0.25, -0.2) is 4.39 Å². The standard InChI is InChI=1S/C12H18FNS/c1-8(2)7-15-12-5-4-10(13)6-11(12)9(3)14/h4-6,8-9H,7,14H2,1-3H3/t9-/m1/s1. The molecule has 1 aromatic carbocycles. The summed E-state index contributed by atoms with van der Waals surface area (Å²) < 4.78 is 13.0. The third-order valence-electron chi connectivity index (χ3n) is 2.03. The molecule has 0 heterocycles. The van der Waals surface area contributed by atoms with Gasteiger partial charge in [0.1, 0.15) is 5.82 Å². The van der Waals surface area contributed by atoms with Crippen molar-refractivity contribution in [2.75, 3.05) is 5.75 Å². The molecule has 0 spiro atoms. The summed E-state index contributed by atoms with van der Waals surface area (Å²) in [7, 11) is 0. The molecule has 2 N–H and O–H groups in total. The van der Waals surface area contributed by atoms with Crippen LogP contribution >= 0.6 is 11.8 Å². The number of benzene rings is 1. The van der Waals surface area contributed by atoms with Crippen molar-refractivity contribution in [3.8, 4) is 0 Å². The molecule has 3 heteroatoms. The van der Waals surface area contributed by atoms with Gasteiger partial charge < -0.3 is 5.73 Å². The topological polar surface area (TPSA) is 26.0 Å². The van der Waals surface area contributed by atoms with E-state index in [0.717, 1.165) is 16.2 Å². The second kappa shape index (κ2) is 5.52. The molecule has 1 rings (SSSR count). The van der Waals surface area contributed by atoms with Crippen LogP contribution in [0.25, 0.3) is 0 Å². The van der Waals surface area contributed by atoms with Gasteiger partial charge in [-0.1, -0.05) is 13.8 Å². The maximum atomic E-state index is 13.0. The zero-order valence-electron chi connectivity index (χ0n) is 9.46. The summed E-state index contributed by atoms with van der Waals surface area (Å²) in [5, 5.41) is 0. The van der Waals surface area contributed by atoms with Crippen molar-refractivity contribution in [3.05, 3.63) is 29.6 Å². The van der Waals surface area contributed by atoms with Gasteiger partial charge in [-0.15, -0.1) is 11.8 Å². The molecule has 15 heavy (non-hydrogen) atoms. The van der Waals surface area contributed by atoms with Crippen molar-refractivity contribution in [1.29, 1.82) is 0 Å². The van der Waals surface area contributed by atoms with Crippen molar-refractivity contribution in [2.24, 2.45) is 11.7 Å². The first-order valence-electron chi connectivity index (χ1n) is 5.18. The monoisotopic (exact) mass is 227 g/mol. The first kappa shape index (κ1) is 12.5. The van der Waals surface area contributed by atoms with Gasteiger partial charge in [0.05, 0.1) is 0 Å². The van der Waals surface area contributed by atoms with Crippen LogP contribution in [0.15, 0.2) is 23.1 Å². The van der Waals surface area contributed by atoms with E-state index in [9.17, 15) is 4.39 Å². The molecule has 0 saturated heterocycles. The van der Waals surface area contributed by atoms with E-state index in [4.69, 9.17) is 5.73 Å². The highest BCUT2D eigenvalue weighted by atomic mass is 32.2. The lowest BCUT2D eigenvalue weighted by Gasteiger charge is -2.13. The van der Waals surface area contributed by atoms with E-state index < -0.39 is 0 Å². The van der Waals surface area contributed by atoms with Crippen LogP contribution in [0.2, 0.25) is 0 Å². The number of hydrogen-bond donors (Lipinski definition) is 1. The highest BCUT2D eigenvalue weighted by Gasteiger charge is 2.09. The Kier molecular flexibility index (Phi) is 4.61. The van der Waals surface area contributed by atoms with E-state index in [1.807, 2.05) is 13.0 Å². The minimum atomic E-state index is -0.212. The van der Waals surface area contributed by atoms with Crippen LogP contribution in [-0.2, 0) is 0 Å². The van der Waals surface area contributed by atoms with Crippen LogP contribution in [0, 0.1) is 11.7 Å². The van der Waals surface area contributed by atoms with Crippen molar-refractivity contribution in [3.63, 3.8) is 0 Å². The molecule has 0 fully saturated rings. The van der Waals surface area contributed by atoms with Crippen LogP contribution in [0.1, 0.15) is 32.4 Å². The molecule has 0 aliphatic rings. The zero-order valence-corrected chi connectivity index (χ0v) is 10.3. The summed E-state index contributed by atoms with van der Waals surface area (Å²) >= 11 is 1.75. The maximum Gasteiger partial charge on any atom is 0.123 e. The molecular formula is C12H18FNS. The first-order valence-corrected chi connectivity index (χ1v) is 6.17. The molecule has 0 amide bonds. The van der Waals surface area contributed by atoms with Crippen molar-refractivity contribution in [2.45, 2.75) is 31.7 Å². The van der Waals surface area contributed by atoms with E-state index in [2.05, 4.69) is 13.8 Å². The molecule has 1 aromatic rings. The second-order valence-corrected chi connectivity index (χ2v) is 5.24. The molecule has 0 unspecified atom stereocenters. The fraction of sp³-hybridized carbons (Fsp3) is 0.500. The van der Waals surface area contributed by atoms with E-state index in [0.29, 0.717) is 5.92 Å². The lowest BCUT2D eigenvalue weighted by atomic mass is 10.1. The molecule has 1 atom stereocenters. The van der Waals surface area contributed by atoms with Crippen LogP contribution in [0.3, 0.4) is 0 Å². The summed E-state index contributed by atoms with van der Waals surface area (Å²) in [4.78, 5) is 1.10. The van der Waals surface area contributed by atoms with Crippen molar-refractivity contribution >= 4 is 11.8 Å². The molecule has 84 valence electrons. The number of hydrogen-bond acceptors (Lipinski definition) is 2. The SMILES string of the molecule is CC(C)CSc1ccc(F)cc1[C@@H](C)N. The summed E-state index contributed by atoms with van der Waals surface area (Å²) in [5.74, 6) is 1.45. The van der Waals surface area contributed by atoms with E-state index >= 15 is 0 Å². The molecule has 1 nitrogen and oxygen atoms in total. The largest absolute Gasteiger partial charge is 0.324 e. The molecular weight excluding hydrogens is 209 g/mol. The molecule has 0 radical (unpaired) electrons. The number of thioether (sulfide) groups is 1. The second-order valence-electron chi connectivity index (χ2n) is 4.18. The highest BCUT2D eigenvalue weighted by Crippen LogP contribution is 2.28. The summed E-state index contributed by atoms with van der Waals surface area (Å²) in [6.07, 6.45) is 0. The van der Waals surface area contributed by atoms with Crippen molar-refractivity contribution in [1.82, 2.24) is 0 Å².